The zero-order chi connectivity index (χ0) is 17.0. The van der Waals surface area contributed by atoms with E-state index in [0.717, 1.165) is 6.26 Å². The van der Waals surface area contributed by atoms with Crippen LogP contribution in [0, 0.1) is 0 Å². The molecule has 2 heterocycles. The van der Waals surface area contributed by atoms with Crippen LogP contribution in [0.15, 0.2) is 11.1 Å². The second-order valence-corrected chi connectivity index (χ2v) is 7.53. The van der Waals surface area contributed by atoms with Crippen molar-refractivity contribution in [3.8, 4) is 0 Å². The molecule has 1 aromatic rings. The number of aromatic nitrogens is 2. The highest BCUT2D eigenvalue weighted by molar-refractivity contribution is 7.90. The number of carbonyl (C=O) groups is 1. The van der Waals surface area contributed by atoms with Crippen molar-refractivity contribution < 1.29 is 17.9 Å². The van der Waals surface area contributed by atoms with Gasteiger partial charge in [0.05, 0.1) is 37.7 Å². The standard InChI is InChI=1S/C14H24N4O4S/c1-4-17(5-2)13(19)9-18-6-7-22-10-11(18)14-12(8-15-16-14)23(3,20)21/h8,11H,4-7,9-10H2,1-3H3,(H,15,16). The molecule has 0 aromatic carbocycles. The maximum absolute atomic E-state index is 12.4. The SMILES string of the molecule is CCN(CC)C(=O)CN1CCOCC1c1[nH]ncc1S(C)(=O)=O. The van der Waals surface area contributed by atoms with E-state index in [4.69, 9.17) is 4.74 Å². The highest BCUT2D eigenvalue weighted by Crippen LogP contribution is 2.27. The minimum absolute atomic E-state index is 0.0299. The molecule has 8 nitrogen and oxygen atoms in total. The molecule has 1 fully saturated rings. The van der Waals surface area contributed by atoms with Crippen molar-refractivity contribution in [2.24, 2.45) is 0 Å². The van der Waals surface area contributed by atoms with Crippen molar-refractivity contribution in [2.75, 3.05) is 45.6 Å². The minimum Gasteiger partial charge on any atom is -0.378 e. The smallest absolute Gasteiger partial charge is 0.236 e. The van der Waals surface area contributed by atoms with Crippen LogP contribution in [0.3, 0.4) is 0 Å². The predicted octanol–water partition coefficient (Wildman–Crippen LogP) is 0.0549. The van der Waals surface area contributed by atoms with E-state index in [9.17, 15) is 13.2 Å². The lowest BCUT2D eigenvalue weighted by Gasteiger charge is -2.35. The fourth-order valence-corrected chi connectivity index (χ4v) is 3.59. The van der Waals surface area contributed by atoms with Gasteiger partial charge in [0.25, 0.3) is 0 Å². The van der Waals surface area contributed by atoms with E-state index < -0.39 is 9.84 Å². The summed E-state index contributed by atoms with van der Waals surface area (Å²) >= 11 is 0. The van der Waals surface area contributed by atoms with Gasteiger partial charge in [-0.1, -0.05) is 0 Å². The van der Waals surface area contributed by atoms with Crippen LogP contribution in [0.1, 0.15) is 25.6 Å². The number of amides is 1. The average molecular weight is 344 g/mol. The van der Waals surface area contributed by atoms with Crippen LogP contribution in [0.25, 0.3) is 0 Å². The van der Waals surface area contributed by atoms with E-state index in [-0.39, 0.29) is 23.4 Å². The Kier molecular flexibility index (Phi) is 5.77. The molecule has 1 unspecified atom stereocenters. The Labute approximate surface area is 136 Å². The van der Waals surface area contributed by atoms with Crippen LogP contribution < -0.4 is 0 Å². The summed E-state index contributed by atoms with van der Waals surface area (Å²) in [6.07, 6.45) is 2.46. The molecular formula is C14H24N4O4S. The third kappa shape index (κ3) is 4.10. The molecule has 0 spiro atoms. The molecule has 0 aliphatic carbocycles. The molecule has 0 radical (unpaired) electrons. The zero-order valence-corrected chi connectivity index (χ0v) is 14.6. The van der Waals surface area contributed by atoms with Crippen molar-refractivity contribution in [3.63, 3.8) is 0 Å². The summed E-state index contributed by atoms with van der Waals surface area (Å²) < 4.78 is 29.3. The Morgan fingerprint density at radius 3 is 2.78 bits per heavy atom. The number of aromatic amines is 1. The first-order valence-corrected chi connectivity index (χ1v) is 9.60. The highest BCUT2D eigenvalue weighted by Gasteiger charge is 2.32. The summed E-state index contributed by atoms with van der Waals surface area (Å²) in [5.74, 6) is 0.0299. The second kappa shape index (κ2) is 7.41. The maximum atomic E-state index is 12.4. The number of nitrogens with one attached hydrogen (secondary N) is 1. The summed E-state index contributed by atoms with van der Waals surface area (Å²) in [4.78, 5) is 16.2. The Balaban J connectivity index is 2.23. The number of nitrogens with zero attached hydrogens (tertiary/aromatic N) is 3. The normalized spacial score (nSPS) is 19.7. The molecule has 1 saturated heterocycles. The Bertz CT molecular complexity index is 639. The quantitative estimate of drug-likeness (QED) is 0.784. The van der Waals surface area contributed by atoms with Gasteiger partial charge in [-0.25, -0.2) is 8.42 Å². The lowest BCUT2D eigenvalue weighted by atomic mass is 10.1. The fraction of sp³-hybridized carbons (Fsp3) is 0.714. The molecule has 130 valence electrons. The average Bonchev–Trinajstić information content (AvgIpc) is 2.98. The van der Waals surface area contributed by atoms with Gasteiger partial charge in [0.15, 0.2) is 9.84 Å². The van der Waals surface area contributed by atoms with E-state index in [0.29, 0.717) is 38.5 Å². The first-order chi connectivity index (χ1) is 10.9. The van der Waals surface area contributed by atoms with Crippen LogP contribution in [-0.2, 0) is 19.4 Å². The van der Waals surface area contributed by atoms with Crippen molar-refractivity contribution in [3.05, 3.63) is 11.9 Å². The summed E-state index contributed by atoms with van der Waals surface area (Å²) in [5, 5.41) is 6.63. The van der Waals surface area contributed by atoms with Gasteiger partial charge in [0.2, 0.25) is 5.91 Å². The summed E-state index contributed by atoms with van der Waals surface area (Å²) in [7, 11) is -3.39. The van der Waals surface area contributed by atoms with Crippen LogP contribution in [0.2, 0.25) is 0 Å². The van der Waals surface area contributed by atoms with E-state index >= 15 is 0 Å². The van der Waals surface area contributed by atoms with E-state index in [1.165, 1.54) is 6.20 Å². The first-order valence-electron chi connectivity index (χ1n) is 7.71. The lowest BCUT2D eigenvalue weighted by Crippen LogP contribution is -2.46. The van der Waals surface area contributed by atoms with Crippen LogP contribution in [0.5, 0.6) is 0 Å². The number of morpholine rings is 1. The zero-order valence-electron chi connectivity index (χ0n) is 13.8. The second-order valence-electron chi connectivity index (χ2n) is 5.55. The van der Waals surface area contributed by atoms with E-state index in [1.54, 1.807) is 4.90 Å². The van der Waals surface area contributed by atoms with Gasteiger partial charge in [-0.3, -0.25) is 14.8 Å². The maximum Gasteiger partial charge on any atom is 0.236 e. The van der Waals surface area contributed by atoms with Gasteiger partial charge >= 0.3 is 0 Å². The first kappa shape index (κ1) is 17.9. The highest BCUT2D eigenvalue weighted by atomic mass is 32.2. The minimum atomic E-state index is -3.39. The van der Waals surface area contributed by atoms with Crippen molar-refractivity contribution in [1.82, 2.24) is 20.0 Å². The van der Waals surface area contributed by atoms with E-state index in [1.807, 2.05) is 18.7 Å². The van der Waals surface area contributed by atoms with Crippen LogP contribution in [0.4, 0.5) is 0 Å². The number of sulfone groups is 1. The topological polar surface area (TPSA) is 95.6 Å². The molecule has 0 saturated carbocycles. The van der Waals surface area contributed by atoms with Crippen molar-refractivity contribution in [2.45, 2.75) is 24.8 Å². The number of ether oxygens (including phenoxy) is 1. The van der Waals surface area contributed by atoms with Gasteiger partial charge in [0, 0.05) is 25.9 Å². The third-order valence-corrected chi connectivity index (χ3v) is 5.18. The number of hydrogen-bond donors (Lipinski definition) is 1. The molecule has 0 bridgehead atoms. The Hall–Kier alpha value is -1.45. The van der Waals surface area contributed by atoms with Crippen molar-refractivity contribution in [1.29, 1.82) is 0 Å². The lowest BCUT2D eigenvalue weighted by molar-refractivity contribution is -0.134. The van der Waals surface area contributed by atoms with Crippen LogP contribution in [-0.4, -0.2) is 80.0 Å². The summed E-state index contributed by atoms with van der Waals surface area (Å²) in [6, 6.07) is -0.324. The fourth-order valence-electron chi connectivity index (χ4n) is 2.76. The summed E-state index contributed by atoms with van der Waals surface area (Å²) in [5.41, 5.74) is 0.486. The van der Waals surface area contributed by atoms with Gasteiger partial charge in [-0.15, -0.1) is 0 Å². The van der Waals surface area contributed by atoms with Gasteiger partial charge < -0.3 is 9.64 Å². The molecule has 2 rings (SSSR count). The number of carbonyl (C=O) groups excluding carboxylic acids is 1. The molecule has 1 N–H and O–H groups in total. The predicted molar refractivity (Wildman–Crippen MR) is 84.8 cm³/mol. The van der Waals surface area contributed by atoms with Gasteiger partial charge in [-0.2, -0.15) is 5.10 Å². The number of likely N-dealkylation sites (N-methyl/N-ethyl adjacent to an activating group) is 1. The molecule has 1 aliphatic rings. The van der Waals surface area contributed by atoms with Crippen molar-refractivity contribution >= 4 is 15.7 Å². The number of H-pyrrole nitrogens is 1. The van der Waals surface area contributed by atoms with Gasteiger partial charge in [0.1, 0.15) is 4.90 Å². The number of hydrogen-bond acceptors (Lipinski definition) is 6. The molecule has 1 aromatic heterocycles. The molecule has 9 heteroatoms. The molecule has 23 heavy (non-hydrogen) atoms. The van der Waals surface area contributed by atoms with E-state index in [2.05, 4.69) is 10.2 Å². The Morgan fingerprint density at radius 1 is 1.48 bits per heavy atom. The van der Waals surface area contributed by atoms with Crippen LogP contribution >= 0.6 is 0 Å². The molecule has 1 atom stereocenters. The summed E-state index contributed by atoms with van der Waals surface area (Å²) in [6.45, 7) is 6.84. The monoisotopic (exact) mass is 344 g/mol. The molecule has 1 aliphatic heterocycles. The largest absolute Gasteiger partial charge is 0.378 e. The number of rotatable bonds is 6. The molecule has 1 amide bonds. The molecular weight excluding hydrogens is 320 g/mol. The van der Waals surface area contributed by atoms with Gasteiger partial charge in [-0.05, 0) is 13.8 Å². The third-order valence-electron chi connectivity index (χ3n) is 4.06. The Morgan fingerprint density at radius 2 is 2.17 bits per heavy atom.